The fourth-order valence-corrected chi connectivity index (χ4v) is 6.07. The van der Waals surface area contributed by atoms with E-state index in [0.717, 1.165) is 4.96 Å². The van der Waals surface area contributed by atoms with E-state index < -0.39 is 0 Å². The molecular formula is C19H21N3S. The van der Waals surface area contributed by atoms with Crippen LogP contribution in [0.5, 0.6) is 0 Å². The number of benzene rings is 1. The lowest BCUT2D eigenvalue weighted by Crippen LogP contribution is -2.41. The number of thiazole rings is 1. The van der Waals surface area contributed by atoms with Crippen LogP contribution in [0.15, 0.2) is 36.7 Å². The Hall–Kier alpha value is -1.81. The first-order valence-electron chi connectivity index (χ1n) is 8.53. The van der Waals surface area contributed by atoms with Gasteiger partial charge in [-0.1, -0.05) is 42.4 Å². The summed E-state index contributed by atoms with van der Waals surface area (Å²) < 4.78 is 2.36. The number of imidazole rings is 1. The molecule has 1 atom stereocenters. The van der Waals surface area contributed by atoms with Crippen LogP contribution in [0, 0.1) is 6.92 Å². The number of aromatic nitrogens is 2. The molecule has 1 unspecified atom stereocenters. The average Bonchev–Trinajstić information content (AvgIpc) is 3.26. The number of anilines is 1. The van der Waals surface area contributed by atoms with Crippen LogP contribution < -0.4 is 4.90 Å². The lowest BCUT2D eigenvalue weighted by atomic mass is 9.92. The molecule has 2 aliphatic rings. The highest BCUT2D eigenvalue weighted by molar-refractivity contribution is 7.17. The van der Waals surface area contributed by atoms with E-state index in [4.69, 9.17) is 0 Å². The molecular weight excluding hydrogens is 302 g/mol. The van der Waals surface area contributed by atoms with E-state index in [0.29, 0.717) is 6.04 Å². The summed E-state index contributed by atoms with van der Waals surface area (Å²) in [7, 11) is 0. The quantitative estimate of drug-likeness (QED) is 0.624. The molecule has 5 rings (SSSR count). The summed E-state index contributed by atoms with van der Waals surface area (Å²) in [6.07, 6.45) is 9.24. The molecule has 118 valence electrons. The predicted octanol–water partition coefficient (Wildman–Crippen LogP) is 5.05. The van der Waals surface area contributed by atoms with Gasteiger partial charge in [0.1, 0.15) is 0 Å². The summed E-state index contributed by atoms with van der Waals surface area (Å²) >= 11 is 1.88. The minimum atomic E-state index is 0.153. The monoisotopic (exact) mass is 323 g/mol. The third kappa shape index (κ3) is 1.62. The summed E-state index contributed by atoms with van der Waals surface area (Å²) in [5.74, 6) is 0. The van der Waals surface area contributed by atoms with Gasteiger partial charge >= 0.3 is 0 Å². The standard InChI is InChI=1S/C19H21N3S/c1-13-7-3-4-8-15(13)22-14(2)16-17(19(22)9-5-6-10-19)21-12-11-20-18(21)23-16/h3-4,7-8,11-12,14H,5-6,9-10H2,1-2H3. The SMILES string of the molecule is Cc1ccccc1N1C(C)c2sc3nccn3c2C12CCCC2. The first-order valence-corrected chi connectivity index (χ1v) is 9.35. The highest BCUT2D eigenvalue weighted by Gasteiger charge is 2.53. The van der Waals surface area contributed by atoms with Crippen molar-refractivity contribution < 1.29 is 0 Å². The van der Waals surface area contributed by atoms with Crippen molar-refractivity contribution in [1.29, 1.82) is 0 Å². The second-order valence-corrected chi connectivity index (χ2v) is 7.97. The van der Waals surface area contributed by atoms with Crippen LogP contribution in [0.1, 0.15) is 54.8 Å². The van der Waals surface area contributed by atoms with E-state index in [9.17, 15) is 0 Å². The van der Waals surface area contributed by atoms with E-state index >= 15 is 0 Å². The molecule has 3 nitrogen and oxygen atoms in total. The molecule has 0 saturated heterocycles. The number of fused-ring (bicyclic) bond motifs is 4. The average molecular weight is 323 g/mol. The normalized spacial score (nSPS) is 22.3. The highest BCUT2D eigenvalue weighted by atomic mass is 32.1. The van der Waals surface area contributed by atoms with Crippen molar-refractivity contribution in [2.24, 2.45) is 0 Å². The largest absolute Gasteiger partial charge is 0.352 e. The first-order chi connectivity index (χ1) is 11.2. The number of hydrogen-bond acceptors (Lipinski definition) is 3. The summed E-state index contributed by atoms with van der Waals surface area (Å²) in [5, 5.41) is 0. The number of hydrogen-bond donors (Lipinski definition) is 0. The highest BCUT2D eigenvalue weighted by Crippen LogP contribution is 2.58. The number of para-hydroxylation sites is 1. The summed E-state index contributed by atoms with van der Waals surface area (Å²) in [6.45, 7) is 4.61. The molecule has 3 aromatic rings. The van der Waals surface area contributed by atoms with Gasteiger partial charge in [-0.15, -0.1) is 0 Å². The Balaban J connectivity index is 1.79. The Kier molecular flexibility index (Phi) is 2.72. The van der Waals surface area contributed by atoms with E-state index in [2.05, 4.69) is 58.6 Å². The molecule has 1 spiro atoms. The van der Waals surface area contributed by atoms with Gasteiger partial charge in [-0.25, -0.2) is 4.98 Å². The van der Waals surface area contributed by atoms with Crippen molar-refractivity contribution in [2.45, 2.75) is 51.1 Å². The Morgan fingerprint density at radius 3 is 2.78 bits per heavy atom. The second kappa shape index (κ2) is 4.60. The molecule has 1 saturated carbocycles. The maximum absolute atomic E-state index is 4.55. The lowest BCUT2D eigenvalue weighted by molar-refractivity contribution is 0.404. The van der Waals surface area contributed by atoms with Crippen LogP contribution in [0.3, 0.4) is 0 Å². The van der Waals surface area contributed by atoms with Crippen LogP contribution in [-0.4, -0.2) is 9.38 Å². The fraction of sp³-hybridized carbons (Fsp3) is 0.421. The molecule has 1 aliphatic carbocycles. The van der Waals surface area contributed by atoms with Gasteiger partial charge in [-0.05, 0) is 38.3 Å². The number of aryl methyl sites for hydroxylation is 1. The molecule has 0 bridgehead atoms. The van der Waals surface area contributed by atoms with E-state index in [1.165, 1.54) is 47.5 Å². The van der Waals surface area contributed by atoms with Crippen LogP contribution in [0.25, 0.3) is 4.96 Å². The van der Waals surface area contributed by atoms with Crippen molar-refractivity contribution in [2.75, 3.05) is 4.90 Å². The van der Waals surface area contributed by atoms with Crippen LogP contribution in [0.4, 0.5) is 5.69 Å². The maximum atomic E-state index is 4.55. The van der Waals surface area contributed by atoms with Crippen LogP contribution >= 0.6 is 11.3 Å². The van der Waals surface area contributed by atoms with Gasteiger partial charge in [0.15, 0.2) is 4.96 Å². The van der Waals surface area contributed by atoms with Crippen molar-refractivity contribution >= 4 is 22.0 Å². The van der Waals surface area contributed by atoms with Crippen LogP contribution in [-0.2, 0) is 5.54 Å². The minimum absolute atomic E-state index is 0.153. The van der Waals surface area contributed by atoms with Gasteiger partial charge in [-0.2, -0.15) is 0 Å². The molecule has 4 heteroatoms. The molecule has 2 aromatic heterocycles. The van der Waals surface area contributed by atoms with Crippen molar-refractivity contribution in [3.05, 3.63) is 52.8 Å². The van der Waals surface area contributed by atoms with Gasteiger partial charge in [0.2, 0.25) is 0 Å². The molecule has 1 fully saturated rings. The Labute approximate surface area is 140 Å². The van der Waals surface area contributed by atoms with Gasteiger partial charge < -0.3 is 4.90 Å². The molecule has 23 heavy (non-hydrogen) atoms. The lowest BCUT2D eigenvalue weighted by Gasteiger charge is -2.41. The Morgan fingerprint density at radius 2 is 2.00 bits per heavy atom. The Bertz CT molecular complexity index is 885. The van der Waals surface area contributed by atoms with Gasteiger partial charge in [-0.3, -0.25) is 4.40 Å². The number of rotatable bonds is 1. The van der Waals surface area contributed by atoms with Crippen molar-refractivity contribution in [1.82, 2.24) is 9.38 Å². The molecule has 1 aliphatic heterocycles. The maximum Gasteiger partial charge on any atom is 0.194 e. The van der Waals surface area contributed by atoms with E-state index in [1.54, 1.807) is 0 Å². The first kappa shape index (κ1) is 13.6. The topological polar surface area (TPSA) is 20.5 Å². The van der Waals surface area contributed by atoms with E-state index in [-0.39, 0.29) is 5.54 Å². The Morgan fingerprint density at radius 1 is 1.22 bits per heavy atom. The van der Waals surface area contributed by atoms with Gasteiger partial charge in [0, 0.05) is 18.1 Å². The molecule has 3 heterocycles. The zero-order chi connectivity index (χ0) is 15.6. The third-order valence-electron chi connectivity index (χ3n) is 5.76. The summed E-state index contributed by atoms with van der Waals surface area (Å²) in [4.78, 5) is 9.93. The second-order valence-electron chi connectivity index (χ2n) is 6.97. The van der Waals surface area contributed by atoms with Crippen molar-refractivity contribution in [3.63, 3.8) is 0 Å². The third-order valence-corrected chi connectivity index (χ3v) is 7.00. The molecule has 0 amide bonds. The van der Waals surface area contributed by atoms with Gasteiger partial charge in [0.25, 0.3) is 0 Å². The van der Waals surface area contributed by atoms with Crippen LogP contribution in [0.2, 0.25) is 0 Å². The predicted molar refractivity (Wildman–Crippen MR) is 95.3 cm³/mol. The van der Waals surface area contributed by atoms with Crippen molar-refractivity contribution in [3.8, 4) is 0 Å². The molecule has 1 aromatic carbocycles. The zero-order valence-corrected chi connectivity index (χ0v) is 14.4. The zero-order valence-electron chi connectivity index (χ0n) is 13.6. The number of nitrogens with zero attached hydrogens (tertiary/aromatic N) is 3. The molecule has 0 N–H and O–H groups in total. The fourth-order valence-electron chi connectivity index (χ4n) is 4.85. The summed E-state index contributed by atoms with van der Waals surface area (Å²) in [5.41, 5.74) is 4.45. The van der Waals surface area contributed by atoms with Gasteiger partial charge in [0.05, 0.1) is 22.2 Å². The smallest absolute Gasteiger partial charge is 0.194 e. The summed E-state index contributed by atoms with van der Waals surface area (Å²) in [6, 6.07) is 9.29. The molecule has 0 radical (unpaired) electrons. The van der Waals surface area contributed by atoms with E-state index in [1.807, 2.05) is 17.5 Å². The minimum Gasteiger partial charge on any atom is -0.352 e.